The highest BCUT2D eigenvalue weighted by Crippen LogP contribution is 2.28. The van der Waals surface area contributed by atoms with Gasteiger partial charge in [0.1, 0.15) is 11.4 Å². The van der Waals surface area contributed by atoms with Gasteiger partial charge in [0.25, 0.3) is 0 Å². The second-order valence-corrected chi connectivity index (χ2v) is 5.05. The number of furan rings is 1. The molecule has 0 aliphatic rings. The molecule has 20 heavy (non-hydrogen) atoms. The van der Waals surface area contributed by atoms with Crippen LogP contribution in [0.3, 0.4) is 0 Å². The average Bonchev–Trinajstić information content (AvgIpc) is 3.14. The van der Waals surface area contributed by atoms with E-state index < -0.39 is 0 Å². The highest BCUT2D eigenvalue weighted by Gasteiger charge is 2.17. The maximum absolute atomic E-state index is 5.34. The van der Waals surface area contributed by atoms with Gasteiger partial charge in [-0.15, -0.1) is 16.9 Å². The first-order valence-corrected chi connectivity index (χ1v) is 7.16. The lowest BCUT2D eigenvalue weighted by Gasteiger charge is -1.96. The molecule has 0 aliphatic carbocycles. The van der Waals surface area contributed by atoms with Crippen molar-refractivity contribution >= 4 is 28.4 Å². The molecular weight excluding hydrogens is 276 g/mol. The molecule has 4 heterocycles. The Morgan fingerprint density at radius 3 is 2.95 bits per heavy atom. The first-order chi connectivity index (χ1) is 9.78. The van der Waals surface area contributed by atoms with E-state index in [2.05, 4.69) is 20.2 Å². The molecule has 0 fully saturated rings. The summed E-state index contributed by atoms with van der Waals surface area (Å²) in [7, 11) is 1.90. The Labute approximate surface area is 117 Å². The van der Waals surface area contributed by atoms with Crippen LogP contribution in [-0.2, 0) is 7.05 Å². The van der Waals surface area contributed by atoms with E-state index in [9.17, 15) is 0 Å². The summed E-state index contributed by atoms with van der Waals surface area (Å²) >= 11 is 1.61. The number of nitrogens with zero attached hydrogens (tertiary/aromatic N) is 6. The predicted octanol–water partition coefficient (Wildman–Crippen LogP) is 1.99. The fourth-order valence-corrected chi connectivity index (χ4v) is 2.90. The van der Waals surface area contributed by atoms with Crippen molar-refractivity contribution in [3.8, 4) is 11.6 Å². The topological polar surface area (TPSA) is 74.0 Å². The molecule has 4 aromatic heterocycles. The Kier molecular flexibility index (Phi) is 2.34. The van der Waals surface area contributed by atoms with E-state index in [1.165, 1.54) is 0 Å². The third-order valence-corrected chi connectivity index (χ3v) is 3.91. The molecule has 8 heteroatoms. The van der Waals surface area contributed by atoms with Crippen LogP contribution in [0.2, 0.25) is 0 Å². The quantitative estimate of drug-likeness (QED) is 0.525. The van der Waals surface area contributed by atoms with E-state index in [0.29, 0.717) is 17.2 Å². The van der Waals surface area contributed by atoms with Crippen LogP contribution in [0.4, 0.5) is 0 Å². The van der Waals surface area contributed by atoms with Crippen molar-refractivity contribution in [2.24, 2.45) is 7.05 Å². The second kappa shape index (κ2) is 4.07. The largest absolute Gasteiger partial charge is 0.461 e. The van der Waals surface area contributed by atoms with Crippen molar-refractivity contribution in [3.63, 3.8) is 0 Å². The fraction of sp³-hybridized carbons (Fsp3) is 0.167. The molecule has 0 saturated heterocycles. The molecule has 0 radical (unpaired) electrons. The minimum atomic E-state index is 0.542. The Morgan fingerprint density at radius 2 is 2.20 bits per heavy atom. The van der Waals surface area contributed by atoms with E-state index >= 15 is 0 Å². The van der Waals surface area contributed by atoms with Gasteiger partial charge in [0.2, 0.25) is 5.82 Å². The zero-order chi connectivity index (χ0) is 13.7. The van der Waals surface area contributed by atoms with Crippen LogP contribution < -0.4 is 0 Å². The maximum atomic E-state index is 5.34. The van der Waals surface area contributed by atoms with Crippen LogP contribution in [0.15, 0.2) is 34.2 Å². The van der Waals surface area contributed by atoms with Gasteiger partial charge in [-0.1, -0.05) is 0 Å². The van der Waals surface area contributed by atoms with E-state index in [1.54, 1.807) is 28.9 Å². The van der Waals surface area contributed by atoms with Crippen LogP contribution >= 0.6 is 11.8 Å². The summed E-state index contributed by atoms with van der Waals surface area (Å²) in [6.07, 6.45) is 5.23. The van der Waals surface area contributed by atoms with Crippen molar-refractivity contribution < 1.29 is 4.42 Å². The van der Waals surface area contributed by atoms with Gasteiger partial charge >= 0.3 is 0 Å². The van der Waals surface area contributed by atoms with Gasteiger partial charge in [-0.25, -0.2) is 14.5 Å². The molecular formula is C12H10N6OS. The Morgan fingerprint density at radius 1 is 1.30 bits per heavy atom. The molecule has 0 aromatic carbocycles. The summed E-state index contributed by atoms with van der Waals surface area (Å²) < 4.78 is 8.80. The van der Waals surface area contributed by atoms with Crippen LogP contribution in [0, 0.1) is 0 Å². The number of hydrogen-bond acceptors (Lipinski definition) is 6. The fourth-order valence-electron chi connectivity index (χ4n) is 2.21. The van der Waals surface area contributed by atoms with Crippen LogP contribution in [0.25, 0.3) is 28.3 Å². The van der Waals surface area contributed by atoms with Gasteiger partial charge in [0, 0.05) is 7.05 Å². The molecule has 0 spiro atoms. The zero-order valence-corrected chi connectivity index (χ0v) is 11.6. The number of rotatable bonds is 2. The lowest BCUT2D eigenvalue weighted by Crippen LogP contribution is -1.90. The molecule has 0 unspecified atom stereocenters. The molecule has 0 atom stereocenters. The monoisotopic (exact) mass is 286 g/mol. The first kappa shape index (κ1) is 11.5. The first-order valence-electron chi connectivity index (χ1n) is 5.94. The highest BCUT2D eigenvalue weighted by molar-refractivity contribution is 7.98. The van der Waals surface area contributed by atoms with Gasteiger partial charge in [0.15, 0.2) is 17.1 Å². The van der Waals surface area contributed by atoms with Crippen molar-refractivity contribution in [3.05, 3.63) is 24.7 Å². The minimum Gasteiger partial charge on any atom is -0.461 e. The highest BCUT2D eigenvalue weighted by atomic mass is 32.2. The second-order valence-electron chi connectivity index (χ2n) is 4.26. The molecule has 4 rings (SSSR count). The standard InChI is InChI=1S/C12H10N6OS/c1-17-12(20-2)8-10(15-17)13-6-18-11(8)14-9(16-18)7-4-3-5-19-7/h3-6H,1-2H3. The molecule has 0 bridgehead atoms. The van der Waals surface area contributed by atoms with Crippen molar-refractivity contribution in [1.82, 2.24) is 29.4 Å². The van der Waals surface area contributed by atoms with Crippen molar-refractivity contribution in [2.75, 3.05) is 6.26 Å². The smallest absolute Gasteiger partial charge is 0.217 e. The van der Waals surface area contributed by atoms with Crippen LogP contribution in [-0.4, -0.2) is 35.6 Å². The van der Waals surface area contributed by atoms with Crippen LogP contribution in [0.5, 0.6) is 0 Å². The summed E-state index contributed by atoms with van der Waals surface area (Å²) in [6, 6.07) is 3.64. The number of aromatic nitrogens is 6. The lowest BCUT2D eigenvalue weighted by molar-refractivity contribution is 0.577. The molecule has 7 nitrogen and oxygen atoms in total. The van der Waals surface area contributed by atoms with E-state index in [1.807, 2.05) is 30.1 Å². The molecule has 0 amide bonds. The third-order valence-electron chi connectivity index (χ3n) is 3.06. The Hall–Kier alpha value is -2.35. The summed E-state index contributed by atoms with van der Waals surface area (Å²) in [5.41, 5.74) is 1.40. The molecule has 4 aromatic rings. The summed E-state index contributed by atoms with van der Waals surface area (Å²) in [5.74, 6) is 1.18. The van der Waals surface area contributed by atoms with Gasteiger partial charge < -0.3 is 4.42 Å². The summed E-state index contributed by atoms with van der Waals surface area (Å²) in [5, 5.41) is 10.7. The zero-order valence-electron chi connectivity index (χ0n) is 10.8. The SMILES string of the molecule is CSc1c2c(ncn3nc(-c4ccco4)nc23)nn1C. The number of aryl methyl sites for hydroxylation is 1. The lowest BCUT2D eigenvalue weighted by atomic mass is 10.4. The molecule has 100 valence electrons. The van der Waals surface area contributed by atoms with Gasteiger partial charge in [-0.2, -0.15) is 5.10 Å². The third kappa shape index (κ3) is 1.48. The number of thioether (sulfide) groups is 1. The minimum absolute atomic E-state index is 0.542. The maximum Gasteiger partial charge on any atom is 0.217 e. The molecule has 0 N–H and O–H groups in total. The number of fused-ring (bicyclic) bond motifs is 3. The molecule has 0 saturated carbocycles. The van der Waals surface area contributed by atoms with Gasteiger partial charge in [0.05, 0.1) is 11.6 Å². The van der Waals surface area contributed by atoms with E-state index in [0.717, 1.165) is 16.1 Å². The van der Waals surface area contributed by atoms with Crippen LogP contribution in [0.1, 0.15) is 0 Å². The average molecular weight is 286 g/mol. The Bertz CT molecular complexity index is 907. The van der Waals surface area contributed by atoms with E-state index in [4.69, 9.17) is 4.42 Å². The van der Waals surface area contributed by atoms with Crippen molar-refractivity contribution in [1.29, 1.82) is 0 Å². The van der Waals surface area contributed by atoms with Gasteiger partial charge in [-0.3, -0.25) is 4.68 Å². The van der Waals surface area contributed by atoms with E-state index in [-0.39, 0.29) is 0 Å². The summed E-state index contributed by atoms with van der Waals surface area (Å²) in [6.45, 7) is 0. The summed E-state index contributed by atoms with van der Waals surface area (Å²) in [4.78, 5) is 8.87. The van der Waals surface area contributed by atoms with Crippen molar-refractivity contribution in [2.45, 2.75) is 5.03 Å². The Balaban J connectivity index is 2.09. The van der Waals surface area contributed by atoms with Gasteiger partial charge in [-0.05, 0) is 18.4 Å². The predicted molar refractivity (Wildman–Crippen MR) is 74.5 cm³/mol. The normalized spacial score (nSPS) is 11.7. The molecule has 0 aliphatic heterocycles. The number of hydrogen-bond donors (Lipinski definition) is 0.